The summed E-state index contributed by atoms with van der Waals surface area (Å²) in [5.74, 6) is -0.163. The molecule has 0 saturated heterocycles. The van der Waals surface area contributed by atoms with Crippen LogP contribution in [-0.2, 0) is 16.6 Å². The Hall–Kier alpha value is -1.70. The molecule has 0 atom stereocenters. The second kappa shape index (κ2) is 6.60. The predicted octanol–water partition coefficient (Wildman–Crippen LogP) is 2.20. The molecule has 7 heteroatoms. The molecule has 0 aliphatic rings. The fourth-order valence-electron chi connectivity index (χ4n) is 2.03. The highest BCUT2D eigenvalue weighted by Crippen LogP contribution is 2.21. The fraction of sp³-hybridized carbons (Fsp3) is 0.267. The Bertz CT molecular complexity index is 795. The van der Waals surface area contributed by atoms with E-state index in [0.29, 0.717) is 12.1 Å². The minimum Gasteiger partial charge on any atom is -0.347 e. The van der Waals surface area contributed by atoms with Crippen molar-refractivity contribution >= 4 is 27.3 Å². The Balaban J connectivity index is 2.06. The molecule has 118 valence electrons. The van der Waals surface area contributed by atoms with Gasteiger partial charge in [0.2, 0.25) is 10.0 Å². The van der Waals surface area contributed by atoms with Crippen LogP contribution in [0.15, 0.2) is 34.5 Å². The van der Waals surface area contributed by atoms with E-state index in [2.05, 4.69) is 10.0 Å². The highest BCUT2D eigenvalue weighted by molar-refractivity contribution is 7.91. The van der Waals surface area contributed by atoms with Gasteiger partial charge < -0.3 is 5.32 Å². The minimum atomic E-state index is -3.42. The largest absolute Gasteiger partial charge is 0.347 e. The molecule has 5 nitrogen and oxygen atoms in total. The quantitative estimate of drug-likeness (QED) is 0.877. The lowest BCUT2D eigenvalue weighted by atomic mass is 10.1. The Morgan fingerprint density at radius 1 is 1.18 bits per heavy atom. The SMILES string of the molecule is CNS(=O)(=O)c1ccc(CNC(=O)c2ccc(C)cc2C)s1. The zero-order valence-corrected chi connectivity index (χ0v) is 14.3. The molecule has 0 aliphatic carbocycles. The van der Waals surface area contributed by atoms with Crippen molar-refractivity contribution in [2.24, 2.45) is 0 Å². The van der Waals surface area contributed by atoms with E-state index < -0.39 is 10.0 Å². The molecule has 0 spiro atoms. The van der Waals surface area contributed by atoms with Crippen molar-refractivity contribution in [1.82, 2.24) is 10.0 Å². The smallest absolute Gasteiger partial charge is 0.251 e. The second-order valence-corrected chi connectivity index (χ2v) is 8.21. The van der Waals surface area contributed by atoms with Crippen LogP contribution in [0.5, 0.6) is 0 Å². The van der Waals surface area contributed by atoms with Crippen LogP contribution in [0.2, 0.25) is 0 Å². The van der Waals surface area contributed by atoms with Gasteiger partial charge in [0.1, 0.15) is 4.21 Å². The third kappa shape index (κ3) is 3.73. The Morgan fingerprint density at radius 2 is 1.91 bits per heavy atom. The summed E-state index contributed by atoms with van der Waals surface area (Å²) < 4.78 is 25.8. The number of rotatable bonds is 5. The van der Waals surface area contributed by atoms with Crippen LogP contribution in [0, 0.1) is 13.8 Å². The van der Waals surface area contributed by atoms with Gasteiger partial charge in [0.05, 0.1) is 6.54 Å². The van der Waals surface area contributed by atoms with Crippen molar-refractivity contribution in [3.8, 4) is 0 Å². The number of thiophene rings is 1. The van der Waals surface area contributed by atoms with Crippen LogP contribution in [-0.4, -0.2) is 21.4 Å². The monoisotopic (exact) mass is 338 g/mol. The summed E-state index contributed by atoms with van der Waals surface area (Å²) in [5.41, 5.74) is 2.65. The summed E-state index contributed by atoms with van der Waals surface area (Å²) in [7, 11) is -2.05. The fourth-order valence-corrected chi connectivity index (χ4v) is 4.16. The van der Waals surface area contributed by atoms with Gasteiger partial charge in [0.25, 0.3) is 5.91 Å². The third-order valence-corrected chi connectivity index (χ3v) is 6.21. The predicted molar refractivity (Wildman–Crippen MR) is 87.7 cm³/mol. The number of benzene rings is 1. The molecular weight excluding hydrogens is 320 g/mol. The Kier molecular flexibility index (Phi) is 5.00. The number of sulfonamides is 1. The van der Waals surface area contributed by atoms with E-state index in [-0.39, 0.29) is 10.1 Å². The number of aryl methyl sites for hydroxylation is 2. The molecule has 2 rings (SSSR count). The molecule has 1 aromatic heterocycles. The molecule has 0 aliphatic heterocycles. The highest BCUT2D eigenvalue weighted by atomic mass is 32.2. The van der Waals surface area contributed by atoms with Gasteiger partial charge in [-0.05, 0) is 44.7 Å². The molecular formula is C15H18N2O3S2. The van der Waals surface area contributed by atoms with Crippen LogP contribution in [0.4, 0.5) is 0 Å². The molecule has 2 aromatic rings. The zero-order chi connectivity index (χ0) is 16.3. The lowest BCUT2D eigenvalue weighted by molar-refractivity contribution is 0.0950. The second-order valence-electron chi connectivity index (χ2n) is 4.93. The average Bonchev–Trinajstić information content (AvgIpc) is 2.94. The van der Waals surface area contributed by atoms with E-state index >= 15 is 0 Å². The first-order chi connectivity index (χ1) is 10.3. The Labute approximate surface area is 134 Å². The number of nitrogens with one attached hydrogen (secondary N) is 2. The van der Waals surface area contributed by atoms with E-state index in [1.807, 2.05) is 26.0 Å². The van der Waals surface area contributed by atoms with Crippen LogP contribution in [0.3, 0.4) is 0 Å². The first-order valence-electron chi connectivity index (χ1n) is 6.71. The van der Waals surface area contributed by atoms with Gasteiger partial charge in [0.15, 0.2) is 0 Å². The molecule has 0 saturated carbocycles. The number of carbonyl (C=O) groups is 1. The summed E-state index contributed by atoms with van der Waals surface area (Å²) in [5, 5.41) is 2.81. The summed E-state index contributed by atoms with van der Waals surface area (Å²) in [6.07, 6.45) is 0. The number of hydrogen-bond donors (Lipinski definition) is 2. The van der Waals surface area contributed by atoms with E-state index in [1.165, 1.54) is 13.1 Å². The highest BCUT2D eigenvalue weighted by Gasteiger charge is 2.15. The van der Waals surface area contributed by atoms with E-state index in [9.17, 15) is 13.2 Å². The van der Waals surface area contributed by atoms with Crippen LogP contribution in [0.1, 0.15) is 26.4 Å². The molecule has 0 bridgehead atoms. The summed E-state index contributed by atoms with van der Waals surface area (Å²) in [6.45, 7) is 4.17. The van der Waals surface area contributed by atoms with E-state index in [1.54, 1.807) is 12.1 Å². The number of carbonyl (C=O) groups excluding carboxylic acids is 1. The summed E-state index contributed by atoms with van der Waals surface area (Å²) in [6, 6.07) is 8.89. The molecule has 22 heavy (non-hydrogen) atoms. The van der Waals surface area contributed by atoms with Gasteiger partial charge in [-0.1, -0.05) is 17.7 Å². The lowest BCUT2D eigenvalue weighted by Gasteiger charge is -2.07. The van der Waals surface area contributed by atoms with Gasteiger partial charge in [-0.25, -0.2) is 13.1 Å². The topological polar surface area (TPSA) is 75.3 Å². The number of hydrogen-bond acceptors (Lipinski definition) is 4. The molecule has 1 heterocycles. The molecule has 1 amide bonds. The maximum absolute atomic E-state index is 12.2. The van der Waals surface area contributed by atoms with Crippen molar-refractivity contribution in [1.29, 1.82) is 0 Å². The van der Waals surface area contributed by atoms with Gasteiger partial charge in [-0.2, -0.15) is 0 Å². The molecule has 0 radical (unpaired) electrons. The molecule has 0 unspecified atom stereocenters. The summed E-state index contributed by atoms with van der Waals surface area (Å²) >= 11 is 1.14. The molecule has 1 aromatic carbocycles. The maximum Gasteiger partial charge on any atom is 0.251 e. The van der Waals surface area contributed by atoms with E-state index in [0.717, 1.165) is 27.3 Å². The van der Waals surface area contributed by atoms with Crippen LogP contribution >= 0.6 is 11.3 Å². The van der Waals surface area contributed by atoms with Crippen molar-refractivity contribution in [3.63, 3.8) is 0 Å². The van der Waals surface area contributed by atoms with E-state index in [4.69, 9.17) is 0 Å². The minimum absolute atomic E-state index is 0.163. The van der Waals surface area contributed by atoms with Crippen molar-refractivity contribution in [2.45, 2.75) is 24.6 Å². The van der Waals surface area contributed by atoms with Crippen LogP contribution < -0.4 is 10.0 Å². The normalized spacial score (nSPS) is 11.4. The first-order valence-corrected chi connectivity index (χ1v) is 9.01. The molecule has 0 fully saturated rings. The lowest BCUT2D eigenvalue weighted by Crippen LogP contribution is -2.23. The van der Waals surface area contributed by atoms with Crippen molar-refractivity contribution in [2.75, 3.05) is 7.05 Å². The summed E-state index contributed by atoms with van der Waals surface area (Å²) in [4.78, 5) is 13.0. The van der Waals surface area contributed by atoms with Gasteiger partial charge in [-0.3, -0.25) is 4.79 Å². The maximum atomic E-state index is 12.2. The van der Waals surface area contributed by atoms with Crippen molar-refractivity contribution in [3.05, 3.63) is 51.9 Å². The number of amides is 1. The van der Waals surface area contributed by atoms with Gasteiger partial charge >= 0.3 is 0 Å². The standard InChI is InChI=1S/C15H18N2O3S2/c1-10-4-6-13(11(2)8-10)15(18)17-9-12-5-7-14(21-12)22(19,20)16-3/h4-8,16H,9H2,1-3H3,(H,17,18). The average molecular weight is 338 g/mol. The van der Waals surface area contributed by atoms with Gasteiger partial charge in [-0.15, -0.1) is 11.3 Å². The first kappa shape index (κ1) is 16.7. The van der Waals surface area contributed by atoms with Gasteiger partial charge in [0, 0.05) is 10.4 Å². The van der Waals surface area contributed by atoms with Crippen molar-refractivity contribution < 1.29 is 13.2 Å². The third-order valence-electron chi connectivity index (χ3n) is 3.22. The zero-order valence-electron chi connectivity index (χ0n) is 12.6. The van der Waals surface area contributed by atoms with Crippen LogP contribution in [0.25, 0.3) is 0 Å². The molecule has 2 N–H and O–H groups in total. The Morgan fingerprint density at radius 3 is 2.55 bits per heavy atom.